The summed E-state index contributed by atoms with van der Waals surface area (Å²) in [6, 6.07) is 5.21. The van der Waals surface area contributed by atoms with Gasteiger partial charge in [-0.25, -0.2) is 4.79 Å². The largest absolute Gasteiger partial charge is 0.453 e. The Labute approximate surface area is 110 Å². The highest BCUT2D eigenvalue weighted by molar-refractivity contribution is 5.89. The van der Waals surface area contributed by atoms with Crippen molar-refractivity contribution < 1.29 is 13.9 Å². The van der Waals surface area contributed by atoms with E-state index in [2.05, 4.69) is 6.58 Å². The van der Waals surface area contributed by atoms with Crippen molar-refractivity contribution in [1.82, 2.24) is 0 Å². The highest BCUT2D eigenvalue weighted by atomic mass is 16.7. The van der Waals surface area contributed by atoms with Gasteiger partial charge in [-0.2, -0.15) is 0 Å². The van der Waals surface area contributed by atoms with Gasteiger partial charge in [0.05, 0.1) is 0 Å². The molecule has 2 heterocycles. The molecule has 0 bridgehead atoms. The van der Waals surface area contributed by atoms with Gasteiger partial charge in [-0.1, -0.05) is 19.9 Å². The fourth-order valence-corrected chi connectivity index (χ4v) is 2.23. The monoisotopic (exact) mass is 258 g/mol. The van der Waals surface area contributed by atoms with Crippen molar-refractivity contribution in [3.8, 4) is 11.5 Å². The van der Waals surface area contributed by atoms with Gasteiger partial charge in [-0.3, -0.25) is 0 Å². The van der Waals surface area contributed by atoms with Crippen molar-refractivity contribution in [2.45, 2.75) is 19.3 Å². The number of hydrogen-bond donors (Lipinski definition) is 0. The van der Waals surface area contributed by atoms with Crippen LogP contribution in [0.5, 0.6) is 11.5 Å². The Morgan fingerprint density at radius 2 is 2.11 bits per heavy atom. The maximum atomic E-state index is 11.8. The Hall–Kier alpha value is -2.23. The Morgan fingerprint density at radius 3 is 2.84 bits per heavy atom. The highest BCUT2D eigenvalue weighted by Crippen LogP contribution is 2.41. The van der Waals surface area contributed by atoms with E-state index in [1.54, 1.807) is 0 Å². The lowest BCUT2D eigenvalue weighted by atomic mass is 9.83. The molecule has 0 amide bonds. The van der Waals surface area contributed by atoms with Gasteiger partial charge in [0, 0.05) is 16.9 Å². The normalized spacial score (nSPS) is 13.8. The smallest absolute Gasteiger partial charge is 0.336 e. The summed E-state index contributed by atoms with van der Waals surface area (Å²) in [5.41, 5.74) is 0.572. The summed E-state index contributed by atoms with van der Waals surface area (Å²) in [6.45, 7) is 7.97. The van der Waals surface area contributed by atoms with E-state index >= 15 is 0 Å². The molecule has 19 heavy (non-hydrogen) atoms. The first-order chi connectivity index (χ1) is 9.03. The first kappa shape index (κ1) is 11.8. The first-order valence-corrected chi connectivity index (χ1v) is 6.03. The predicted molar refractivity (Wildman–Crippen MR) is 71.8 cm³/mol. The van der Waals surface area contributed by atoms with Crippen LogP contribution in [0.1, 0.15) is 19.4 Å². The maximum absolute atomic E-state index is 11.8. The van der Waals surface area contributed by atoms with Crippen molar-refractivity contribution in [2.75, 3.05) is 6.79 Å². The molecule has 1 aromatic carbocycles. The molecule has 1 aliphatic heterocycles. The molecule has 1 aromatic heterocycles. The number of allylic oxidation sites excluding steroid dienone is 1. The molecule has 98 valence electrons. The Bertz CT molecular complexity index is 725. The molecule has 0 atom stereocenters. The standard InChI is InChI=1S/C15H14O4/c1-4-15(2,3)10-7-12(16)19-13-9(10)5-6-11-14(13)18-8-17-11/h4-7H,1,8H2,2-3H3. The van der Waals surface area contributed by atoms with Gasteiger partial charge >= 0.3 is 5.63 Å². The van der Waals surface area contributed by atoms with Crippen molar-refractivity contribution in [2.24, 2.45) is 0 Å². The topological polar surface area (TPSA) is 48.7 Å². The summed E-state index contributed by atoms with van der Waals surface area (Å²) in [7, 11) is 0. The van der Waals surface area contributed by atoms with Crippen LogP contribution >= 0.6 is 0 Å². The van der Waals surface area contributed by atoms with Gasteiger partial charge in [0.2, 0.25) is 12.5 Å². The molecule has 0 unspecified atom stereocenters. The number of hydrogen-bond acceptors (Lipinski definition) is 4. The molecule has 1 aliphatic rings. The maximum Gasteiger partial charge on any atom is 0.336 e. The van der Waals surface area contributed by atoms with Crippen LogP contribution in [-0.2, 0) is 5.41 Å². The minimum absolute atomic E-state index is 0.146. The lowest BCUT2D eigenvalue weighted by Gasteiger charge is -2.21. The third-order valence-electron chi connectivity index (χ3n) is 3.45. The third kappa shape index (κ3) is 1.71. The SMILES string of the molecule is C=CC(C)(C)c1cc(=O)oc2c3c(ccc12)OCO3. The Morgan fingerprint density at radius 1 is 1.32 bits per heavy atom. The molecular weight excluding hydrogens is 244 g/mol. The quantitative estimate of drug-likeness (QED) is 0.613. The predicted octanol–water partition coefficient (Wildman–Crippen LogP) is 2.99. The molecule has 0 fully saturated rings. The van der Waals surface area contributed by atoms with Gasteiger partial charge in [-0.05, 0) is 17.7 Å². The van der Waals surface area contributed by atoms with Crippen molar-refractivity contribution >= 4 is 11.0 Å². The van der Waals surface area contributed by atoms with E-state index in [0.717, 1.165) is 10.9 Å². The van der Waals surface area contributed by atoms with E-state index in [1.807, 2.05) is 32.1 Å². The zero-order chi connectivity index (χ0) is 13.6. The Balaban J connectivity index is 2.42. The molecular formula is C15H14O4. The molecule has 0 saturated heterocycles. The van der Waals surface area contributed by atoms with Gasteiger partial charge < -0.3 is 13.9 Å². The molecule has 3 rings (SSSR count). The Kier molecular flexibility index (Phi) is 2.42. The van der Waals surface area contributed by atoms with Crippen LogP contribution < -0.4 is 15.1 Å². The lowest BCUT2D eigenvalue weighted by molar-refractivity contribution is 0.174. The average molecular weight is 258 g/mol. The summed E-state index contributed by atoms with van der Waals surface area (Å²) in [4.78, 5) is 11.8. The number of ether oxygens (including phenoxy) is 2. The van der Waals surface area contributed by atoms with E-state index in [0.29, 0.717) is 17.1 Å². The fourth-order valence-electron chi connectivity index (χ4n) is 2.23. The van der Waals surface area contributed by atoms with Crippen LogP contribution in [-0.4, -0.2) is 6.79 Å². The van der Waals surface area contributed by atoms with Crippen LogP contribution in [0.3, 0.4) is 0 Å². The van der Waals surface area contributed by atoms with Crippen molar-refractivity contribution in [3.05, 3.63) is 46.8 Å². The zero-order valence-electron chi connectivity index (χ0n) is 10.9. The van der Waals surface area contributed by atoms with Crippen molar-refractivity contribution in [1.29, 1.82) is 0 Å². The molecule has 0 saturated carbocycles. The van der Waals surface area contributed by atoms with Gasteiger partial charge in [0.25, 0.3) is 0 Å². The van der Waals surface area contributed by atoms with E-state index in [4.69, 9.17) is 13.9 Å². The lowest BCUT2D eigenvalue weighted by Crippen LogP contribution is -2.16. The fraction of sp³-hybridized carbons (Fsp3) is 0.267. The molecule has 0 N–H and O–H groups in total. The minimum atomic E-state index is -0.402. The summed E-state index contributed by atoms with van der Waals surface area (Å²) in [6.07, 6.45) is 1.81. The molecule has 0 aliphatic carbocycles. The van der Waals surface area contributed by atoms with Crippen LogP contribution in [0.4, 0.5) is 0 Å². The molecule has 2 aromatic rings. The minimum Gasteiger partial charge on any atom is -0.453 e. The van der Waals surface area contributed by atoms with E-state index in [-0.39, 0.29) is 12.2 Å². The molecule has 4 heteroatoms. The second-order valence-electron chi connectivity index (χ2n) is 5.08. The van der Waals surface area contributed by atoms with E-state index in [9.17, 15) is 4.79 Å². The molecule has 0 spiro atoms. The van der Waals surface area contributed by atoms with E-state index < -0.39 is 5.63 Å². The number of rotatable bonds is 2. The number of benzene rings is 1. The van der Waals surface area contributed by atoms with Gasteiger partial charge in [0.1, 0.15) is 0 Å². The zero-order valence-corrected chi connectivity index (χ0v) is 10.9. The highest BCUT2D eigenvalue weighted by Gasteiger charge is 2.25. The van der Waals surface area contributed by atoms with Gasteiger partial charge in [-0.15, -0.1) is 6.58 Å². The van der Waals surface area contributed by atoms with Crippen LogP contribution in [0.15, 0.2) is 40.1 Å². The van der Waals surface area contributed by atoms with Crippen LogP contribution in [0.25, 0.3) is 11.0 Å². The second-order valence-corrected chi connectivity index (χ2v) is 5.08. The van der Waals surface area contributed by atoms with E-state index in [1.165, 1.54) is 6.07 Å². The third-order valence-corrected chi connectivity index (χ3v) is 3.45. The van der Waals surface area contributed by atoms with Crippen LogP contribution in [0.2, 0.25) is 0 Å². The summed E-state index contributed by atoms with van der Waals surface area (Å²) in [5, 5.41) is 0.841. The van der Waals surface area contributed by atoms with Gasteiger partial charge in [0.15, 0.2) is 11.3 Å². The van der Waals surface area contributed by atoms with Crippen molar-refractivity contribution in [3.63, 3.8) is 0 Å². The second kappa shape index (κ2) is 3.88. The molecule has 0 radical (unpaired) electrons. The summed E-state index contributed by atoms with van der Waals surface area (Å²) >= 11 is 0. The average Bonchev–Trinajstić information content (AvgIpc) is 2.86. The summed E-state index contributed by atoms with van der Waals surface area (Å²) < 4.78 is 16.0. The molecule has 4 nitrogen and oxygen atoms in total. The summed E-state index contributed by atoms with van der Waals surface area (Å²) in [5.74, 6) is 1.10. The van der Waals surface area contributed by atoms with Crippen LogP contribution in [0, 0.1) is 0 Å². The first-order valence-electron chi connectivity index (χ1n) is 6.03. The number of fused-ring (bicyclic) bond motifs is 3.